The number of epoxide rings is 2. The molecular weight excluding hydrogens is 244 g/mol. The van der Waals surface area contributed by atoms with Gasteiger partial charge < -0.3 is 19.7 Å². The molecule has 3 rings (SSSR count). The van der Waals surface area contributed by atoms with Crippen LogP contribution in [-0.4, -0.2) is 45.8 Å². The lowest BCUT2D eigenvalue weighted by Crippen LogP contribution is -2.43. The fraction of sp³-hybridized carbons (Fsp3) is 1.00. The van der Waals surface area contributed by atoms with Crippen LogP contribution in [-0.2, 0) is 9.47 Å². The molecule has 0 aromatic heterocycles. The molecule has 4 heteroatoms. The van der Waals surface area contributed by atoms with Crippen molar-refractivity contribution < 1.29 is 19.7 Å². The lowest BCUT2D eigenvalue weighted by atomic mass is 9.76. The molecule has 19 heavy (non-hydrogen) atoms. The summed E-state index contributed by atoms with van der Waals surface area (Å²) in [4.78, 5) is 0. The van der Waals surface area contributed by atoms with Gasteiger partial charge in [-0.05, 0) is 32.6 Å². The van der Waals surface area contributed by atoms with Crippen LogP contribution in [0.5, 0.6) is 0 Å². The fourth-order valence-electron chi connectivity index (χ4n) is 3.96. The molecule has 7 atom stereocenters. The van der Waals surface area contributed by atoms with Gasteiger partial charge in [0.1, 0.15) is 6.10 Å². The highest BCUT2D eigenvalue weighted by Gasteiger charge is 2.62. The second-order valence-electron chi connectivity index (χ2n) is 7.39. The van der Waals surface area contributed by atoms with Crippen LogP contribution in [0.25, 0.3) is 0 Å². The van der Waals surface area contributed by atoms with Gasteiger partial charge in [0.05, 0.1) is 29.5 Å². The van der Waals surface area contributed by atoms with Crippen molar-refractivity contribution in [1.29, 1.82) is 0 Å². The Morgan fingerprint density at radius 1 is 1.11 bits per heavy atom. The number of aliphatic hydroxyl groups is 2. The fourth-order valence-corrected chi connectivity index (χ4v) is 3.96. The molecule has 0 radical (unpaired) electrons. The van der Waals surface area contributed by atoms with Crippen molar-refractivity contribution in [2.24, 2.45) is 11.8 Å². The molecule has 0 amide bonds. The van der Waals surface area contributed by atoms with Crippen LogP contribution in [0.3, 0.4) is 0 Å². The van der Waals surface area contributed by atoms with E-state index < -0.39 is 12.2 Å². The summed E-state index contributed by atoms with van der Waals surface area (Å²) in [6.45, 7) is 8.23. The highest BCUT2D eigenvalue weighted by molar-refractivity contribution is 5.11. The zero-order chi connectivity index (χ0) is 14.0. The minimum atomic E-state index is -0.584. The molecular formula is C15H26O4. The molecule has 2 heterocycles. The molecule has 2 saturated heterocycles. The van der Waals surface area contributed by atoms with Crippen molar-refractivity contribution in [2.75, 3.05) is 0 Å². The highest BCUT2D eigenvalue weighted by Crippen LogP contribution is 2.52. The van der Waals surface area contributed by atoms with Crippen molar-refractivity contribution >= 4 is 0 Å². The van der Waals surface area contributed by atoms with Crippen LogP contribution < -0.4 is 0 Å². The van der Waals surface area contributed by atoms with Crippen molar-refractivity contribution in [3.8, 4) is 0 Å². The van der Waals surface area contributed by atoms with Gasteiger partial charge in [-0.15, -0.1) is 0 Å². The van der Waals surface area contributed by atoms with Crippen LogP contribution in [0.2, 0.25) is 0 Å². The number of aliphatic hydroxyl groups excluding tert-OH is 2. The van der Waals surface area contributed by atoms with E-state index in [0.29, 0.717) is 6.42 Å². The Bertz CT molecular complexity index is 371. The number of rotatable bonds is 1. The maximum atomic E-state index is 10.6. The summed E-state index contributed by atoms with van der Waals surface area (Å²) in [6, 6.07) is 0. The molecule has 2 N–H and O–H groups in total. The molecule has 7 unspecified atom stereocenters. The van der Waals surface area contributed by atoms with Gasteiger partial charge >= 0.3 is 0 Å². The van der Waals surface area contributed by atoms with Gasteiger partial charge in [0, 0.05) is 12.3 Å². The third-order valence-corrected chi connectivity index (χ3v) is 5.41. The first kappa shape index (κ1) is 13.8. The van der Waals surface area contributed by atoms with E-state index in [2.05, 4.69) is 27.7 Å². The quantitative estimate of drug-likeness (QED) is 0.708. The summed E-state index contributed by atoms with van der Waals surface area (Å²) in [5, 5.41) is 21.1. The Kier molecular flexibility index (Phi) is 3.03. The van der Waals surface area contributed by atoms with Crippen molar-refractivity contribution in [1.82, 2.24) is 0 Å². The van der Waals surface area contributed by atoms with E-state index in [4.69, 9.17) is 9.47 Å². The second-order valence-corrected chi connectivity index (χ2v) is 7.39. The van der Waals surface area contributed by atoms with Gasteiger partial charge in [0.2, 0.25) is 0 Å². The molecule has 1 aliphatic carbocycles. The molecule has 3 aliphatic rings. The Hall–Kier alpha value is -0.160. The largest absolute Gasteiger partial charge is 0.393 e. The van der Waals surface area contributed by atoms with Crippen molar-refractivity contribution in [3.05, 3.63) is 0 Å². The first-order chi connectivity index (χ1) is 8.77. The zero-order valence-electron chi connectivity index (χ0n) is 12.3. The average molecular weight is 270 g/mol. The molecule has 0 aromatic carbocycles. The summed E-state index contributed by atoms with van der Waals surface area (Å²) in [6.07, 6.45) is 1.49. The predicted octanol–water partition coefficient (Wildman–Crippen LogP) is 1.48. The lowest BCUT2D eigenvalue weighted by Gasteiger charge is -2.32. The van der Waals surface area contributed by atoms with Gasteiger partial charge in [0.25, 0.3) is 0 Å². The van der Waals surface area contributed by atoms with E-state index in [9.17, 15) is 10.2 Å². The van der Waals surface area contributed by atoms with Gasteiger partial charge in [-0.2, -0.15) is 0 Å². The minimum Gasteiger partial charge on any atom is -0.393 e. The van der Waals surface area contributed by atoms with Gasteiger partial charge in [0.15, 0.2) is 0 Å². The van der Waals surface area contributed by atoms with Gasteiger partial charge in [-0.1, -0.05) is 13.8 Å². The molecule has 4 nitrogen and oxygen atoms in total. The van der Waals surface area contributed by atoms with Crippen molar-refractivity contribution in [2.45, 2.75) is 82.6 Å². The van der Waals surface area contributed by atoms with Gasteiger partial charge in [-0.3, -0.25) is 0 Å². The normalized spacial score (nSPS) is 57.3. The molecule has 1 saturated carbocycles. The van der Waals surface area contributed by atoms with Crippen LogP contribution >= 0.6 is 0 Å². The number of hydrogen-bond acceptors (Lipinski definition) is 4. The molecule has 110 valence electrons. The molecule has 0 spiro atoms. The van der Waals surface area contributed by atoms with Crippen LogP contribution in [0.4, 0.5) is 0 Å². The Morgan fingerprint density at radius 2 is 1.79 bits per heavy atom. The standard InChI is InChI=1S/C15H26O4/c1-8(2)11-9(16)7-15(4)10(18-15)5-6-14(3)13(19-14)12(11)17/h8-13,16-17H,5-7H2,1-4H3. The topological polar surface area (TPSA) is 65.5 Å². The van der Waals surface area contributed by atoms with E-state index in [-0.39, 0.29) is 35.2 Å². The summed E-state index contributed by atoms with van der Waals surface area (Å²) >= 11 is 0. The second kappa shape index (κ2) is 4.17. The highest BCUT2D eigenvalue weighted by atomic mass is 16.6. The number of fused-ring (bicyclic) bond motifs is 2. The van der Waals surface area contributed by atoms with E-state index in [1.807, 2.05) is 0 Å². The summed E-state index contributed by atoms with van der Waals surface area (Å²) < 4.78 is 11.5. The van der Waals surface area contributed by atoms with E-state index in [0.717, 1.165) is 12.8 Å². The van der Waals surface area contributed by atoms with Crippen LogP contribution in [0.15, 0.2) is 0 Å². The van der Waals surface area contributed by atoms with E-state index in [1.165, 1.54) is 0 Å². The summed E-state index contributed by atoms with van der Waals surface area (Å²) in [5.41, 5.74) is -0.430. The average Bonchev–Trinajstić information content (AvgIpc) is 3.12. The summed E-state index contributed by atoms with van der Waals surface area (Å²) in [7, 11) is 0. The first-order valence-corrected chi connectivity index (χ1v) is 7.49. The molecule has 3 fully saturated rings. The van der Waals surface area contributed by atoms with Crippen LogP contribution in [0, 0.1) is 11.8 Å². The van der Waals surface area contributed by atoms with Crippen LogP contribution in [0.1, 0.15) is 47.0 Å². The first-order valence-electron chi connectivity index (χ1n) is 7.49. The summed E-state index contributed by atoms with van der Waals surface area (Å²) in [5.74, 6) is 0.0743. The Balaban J connectivity index is 1.83. The maximum absolute atomic E-state index is 10.6. The third-order valence-electron chi connectivity index (χ3n) is 5.41. The monoisotopic (exact) mass is 270 g/mol. The lowest BCUT2D eigenvalue weighted by molar-refractivity contribution is -0.0347. The smallest absolute Gasteiger partial charge is 0.113 e. The molecule has 0 aromatic rings. The van der Waals surface area contributed by atoms with E-state index in [1.54, 1.807) is 0 Å². The maximum Gasteiger partial charge on any atom is 0.113 e. The molecule has 0 bridgehead atoms. The van der Waals surface area contributed by atoms with Gasteiger partial charge in [-0.25, -0.2) is 0 Å². The minimum absolute atomic E-state index is 0.127. The number of ether oxygens (including phenoxy) is 2. The zero-order valence-corrected chi connectivity index (χ0v) is 12.3. The Morgan fingerprint density at radius 3 is 2.42 bits per heavy atom. The third kappa shape index (κ3) is 2.23. The van der Waals surface area contributed by atoms with E-state index >= 15 is 0 Å². The SMILES string of the molecule is CC(C)C1C(O)CC2(C)OC2CCC2(C)OC2C1O. The Labute approximate surface area is 115 Å². The van der Waals surface area contributed by atoms with Crippen molar-refractivity contribution in [3.63, 3.8) is 0 Å². The molecule has 2 aliphatic heterocycles. The number of hydrogen-bond donors (Lipinski definition) is 2. The predicted molar refractivity (Wildman–Crippen MR) is 70.7 cm³/mol.